The minimum Gasteiger partial charge on any atom is -0.397 e. The zero-order valence-corrected chi connectivity index (χ0v) is 8.29. The lowest BCUT2D eigenvalue weighted by molar-refractivity contribution is -0.118. The van der Waals surface area contributed by atoms with Crippen molar-refractivity contribution in [3.05, 3.63) is 24.0 Å². The van der Waals surface area contributed by atoms with Crippen molar-refractivity contribution in [2.24, 2.45) is 5.73 Å². The number of carbonyl (C=O) groups is 1. The highest BCUT2D eigenvalue weighted by Crippen LogP contribution is 2.18. The largest absolute Gasteiger partial charge is 0.397 e. The Kier molecular flexibility index (Phi) is 3.91. The maximum atomic E-state index is 12.8. The lowest BCUT2D eigenvalue weighted by Crippen LogP contribution is -2.13. The molecule has 0 heterocycles. The van der Waals surface area contributed by atoms with E-state index in [1.807, 2.05) is 0 Å². The van der Waals surface area contributed by atoms with E-state index in [1.165, 1.54) is 18.2 Å². The van der Waals surface area contributed by atoms with Gasteiger partial charge >= 0.3 is 0 Å². The first-order chi connectivity index (χ1) is 7.09. The molecule has 0 unspecified atom stereocenters. The third-order valence-electron chi connectivity index (χ3n) is 1.93. The van der Waals surface area contributed by atoms with Crippen molar-refractivity contribution in [1.29, 1.82) is 0 Å². The summed E-state index contributed by atoms with van der Waals surface area (Å²) in [6.07, 6.45) is 0.910. The van der Waals surface area contributed by atoms with E-state index in [2.05, 4.69) is 5.32 Å². The third kappa shape index (κ3) is 3.84. The van der Waals surface area contributed by atoms with Crippen LogP contribution in [0.2, 0.25) is 0 Å². The molecule has 0 aliphatic carbocycles. The minimum absolute atomic E-state index is 0.308. The van der Waals surface area contributed by atoms with Crippen LogP contribution >= 0.6 is 0 Å². The van der Waals surface area contributed by atoms with Crippen molar-refractivity contribution in [2.75, 3.05) is 17.6 Å². The molecule has 0 aromatic heterocycles. The number of carbonyl (C=O) groups excluding carboxylic acids is 1. The molecule has 0 saturated carbocycles. The molecule has 0 atom stereocenters. The predicted octanol–water partition coefficient (Wildman–Crippen LogP) is 1.09. The smallest absolute Gasteiger partial charge is 0.217 e. The van der Waals surface area contributed by atoms with Crippen molar-refractivity contribution in [1.82, 2.24) is 0 Å². The zero-order valence-electron chi connectivity index (χ0n) is 8.29. The Labute approximate surface area is 87.4 Å². The van der Waals surface area contributed by atoms with Gasteiger partial charge in [-0.25, -0.2) is 4.39 Å². The summed E-state index contributed by atoms with van der Waals surface area (Å²) in [7, 11) is 0. The van der Waals surface area contributed by atoms with Gasteiger partial charge in [0.1, 0.15) is 5.82 Å². The summed E-state index contributed by atoms with van der Waals surface area (Å²) in [6, 6.07) is 4.11. The molecular formula is C10H14FN3O. The molecule has 0 bridgehead atoms. The summed E-state index contributed by atoms with van der Waals surface area (Å²) in [4.78, 5) is 10.4. The molecule has 0 radical (unpaired) electrons. The van der Waals surface area contributed by atoms with Gasteiger partial charge in [-0.05, 0) is 24.6 Å². The van der Waals surface area contributed by atoms with Gasteiger partial charge in [0, 0.05) is 13.0 Å². The first kappa shape index (κ1) is 11.3. The van der Waals surface area contributed by atoms with Crippen molar-refractivity contribution >= 4 is 17.3 Å². The number of hydrogen-bond donors (Lipinski definition) is 3. The Morgan fingerprint density at radius 3 is 2.87 bits per heavy atom. The first-order valence-electron chi connectivity index (χ1n) is 4.67. The number of nitrogens with two attached hydrogens (primary N) is 2. The molecule has 82 valence electrons. The second kappa shape index (κ2) is 5.19. The predicted molar refractivity (Wildman–Crippen MR) is 57.7 cm³/mol. The Bertz CT molecular complexity index is 355. The van der Waals surface area contributed by atoms with E-state index in [0.717, 1.165) is 0 Å². The first-order valence-corrected chi connectivity index (χ1v) is 4.67. The SMILES string of the molecule is NC(=O)CCCNc1cc(F)ccc1N. The van der Waals surface area contributed by atoms with Gasteiger partial charge in [0.25, 0.3) is 0 Å². The van der Waals surface area contributed by atoms with Gasteiger partial charge in [0.15, 0.2) is 0 Å². The van der Waals surface area contributed by atoms with Crippen LogP contribution in [0.4, 0.5) is 15.8 Å². The number of rotatable bonds is 5. The third-order valence-corrected chi connectivity index (χ3v) is 1.93. The average molecular weight is 211 g/mol. The van der Waals surface area contributed by atoms with Gasteiger partial charge in [-0.2, -0.15) is 0 Å². The minimum atomic E-state index is -0.346. The van der Waals surface area contributed by atoms with E-state index >= 15 is 0 Å². The van der Waals surface area contributed by atoms with Gasteiger partial charge in [-0.1, -0.05) is 0 Å². The van der Waals surface area contributed by atoms with Crippen LogP contribution in [-0.4, -0.2) is 12.5 Å². The second-order valence-corrected chi connectivity index (χ2v) is 3.23. The highest BCUT2D eigenvalue weighted by atomic mass is 19.1. The Morgan fingerprint density at radius 2 is 2.20 bits per heavy atom. The van der Waals surface area contributed by atoms with Gasteiger partial charge < -0.3 is 16.8 Å². The molecule has 0 fully saturated rings. The van der Waals surface area contributed by atoms with Gasteiger partial charge in [-0.15, -0.1) is 0 Å². The van der Waals surface area contributed by atoms with Crippen LogP contribution in [0.5, 0.6) is 0 Å². The monoisotopic (exact) mass is 211 g/mol. The lowest BCUT2D eigenvalue weighted by Gasteiger charge is -2.08. The van der Waals surface area contributed by atoms with Crippen LogP contribution < -0.4 is 16.8 Å². The van der Waals surface area contributed by atoms with E-state index in [-0.39, 0.29) is 11.7 Å². The number of nitrogen functional groups attached to an aromatic ring is 1. The molecule has 0 spiro atoms. The van der Waals surface area contributed by atoms with E-state index in [9.17, 15) is 9.18 Å². The van der Waals surface area contributed by atoms with Crippen molar-refractivity contribution < 1.29 is 9.18 Å². The van der Waals surface area contributed by atoms with E-state index < -0.39 is 0 Å². The summed E-state index contributed by atoms with van der Waals surface area (Å²) in [5, 5.41) is 2.94. The summed E-state index contributed by atoms with van der Waals surface area (Å²) in [5.74, 6) is -0.689. The summed E-state index contributed by atoms with van der Waals surface area (Å²) in [5.41, 5.74) is 11.6. The van der Waals surface area contributed by atoms with Crippen LogP contribution in [0, 0.1) is 5.82 Å². The molecule has 5 N–H and O–H groups in total. The van der Waals surface area contributed by atoms with Gasteiger partial charge in [0.2, 0.25) is 5.91 Å². The molecular weight excluding hydrogens is 197 g/mol. The van der Waals surface area contributed by atoms with Crippen LogP contribution in [0.1, 0.15) is 12.8 Å². The molecule has 1 amide bonds. The lowest BCUT2D eigenvalue weighted by atomic mass is 10.2. The van der Waals surface area contributed by atoms with Crippen LogP contribution in [0.3, 0.4) is 0 Å². The van der Waals surface area contributed by atoms with Gasteiger partial charge in [0.05, 0.1) is 11.4 Å². The molecule has 0 aliphatic rings. The van der Waals surface area contributed by atoms with E-state index in [1.54, 1.807) is 0 Å². The molecule has 1 rings (SSSR count). The van der Waals surface area contributed by atoms with Crippen LogP contribution in [0.15, 0.2) is 18.2 Å². The fraction of sp³-hybridized carbons (Fsp3) is 0.300. The Hall–Kier alpha value is -1.78. The highest BCUT2D eigenvalue weighted by Gasteiger charge is 2.00. The standard InChI is InChI=1S/C10H14FN3O/c11-7-3-4-8(12)9(6-7)14-5-1-2-10(13)15/h3-4,6,14H,1-2,5,12H2,(H2,13,15). The molecule has 0 saturated heterocycles. The molecule has 1 aromatic rings. The van der Waals surface area contributed by atoms with Crippen LogP contribution in [-0.2, 0) is 4.79 Å². The number of halogens is 1. The van der Waals surface area contributed by atoms with Crippen molar-refractivity contribution in [2.45, 2.75) is 12.8 Å². The quantitative estimate of drug-likeness (QED) is 0.503. The Balaban J connectivity index is 2.43. The average Bonchev–Trinajstić information content (AvgIpc) is 2.17. The molecule has 1 aromatic carbocycles. The summed E-state index contributed by atoms with van der Waals surface area (Å²) >= 11 is 0. The van der Waals surface area contributed by atoms with Gasteiger partial charge in [-0.3, -0.25) is 4.79 Å². The maximum absolute atomic E-state index is 12.8. The highest BCUT2D eigenvalue weighted by molar-refractivity contribution is 5.73. The summed E-state index contributed by atoms with van der Waals surface area (Å²) < 4.78 is 12.8. The number of amides is 1. The second-order valence-electron chi connectivity index (χ2n) is 3.23. The number of anilines is 2. The fourth-order valence-corrected chi connectivity index (χ4v) is 1.17. The van der Waals surface area contributed by atoms with Crippen molar-refractivity contribution in [3.8, 4) is 0 Å². The maximum Gasteiger partial charge on any atom is 0.217 e. The van der Waals surface area contributed by atoms with E-state index in [4.69, 9.17) is 11.5 Å². The molecule has 5 heteroatoms. The topological polar surface area (TPSA) is 81.1 Å². The summed E-state index contributed by atoms with van der Waals surface area (Å²) in [6.45, 7) is 0.538. The number of benzene rings is 1. The zero-order chi connectivity index (χ0) is 11.3. The molecule has 0 aliphatic heterocycles. The number of hydrogen-bond acceptors (Lipinski definition) is 3. The number of primary amides is 1. The van der Waals surface area contributed by atoms with Crippen LogP contribution in [0.25, 0.3) is 0 Å². The van der Waals surface area contributed by atoms with Crippen molar-refractivity contribution in [3.63, 3.8) is 0 Å². The normalized spacial score (nSPS) is 9.93. The molecule has 15 heavy (non-hydrogen) atoms. The Morgan fingerprint density at radius 1 is 1.47 bits per heavy atom. The molecule has 4 nitrogen and oxygen atoms in total. The number of nitrogens with one attached hydrogen (secondary N) is 1. The van der Waals surface area contributed by atoms with E-state index in [0.29, 0.717) is 30.8 Å². The fourth-order valence-electron chi connectivity index (χ4n) is 1.17.